The van der Waals surface area contributed by atoms with Gasteiger partial charge in [0, 0.05) is 22.4 Å². The van der Waals surface area contributed by atoms with Crippen LogP contribution in [-0.2, 0) is 6.54 Å². The van der Waals surface area contributed by atoms with Crippen LogP contribution in [0.5, 0.6) is 0 Å². The number of halogens is 1. The summed E-state index contributed by atoms with van der Waals surface area (Å²) in [5.41, 5.74) is 2.08. The number of benzene rings is 1. The molecule has 2 aromatic heterocycles. The molecule has 23 heavy (non-hydrogen) atoms. The maximum Gasteiger partial charge on any atom is 0.223 e. The minimum absolute atomic E-state index is 0.110. The van der Waals surface area contributed by atoms with Crippen LogP contribution in [0.4, 0.5) is 0 Å². The Labute approximate surface area is 143 Å². The van der Waals surface area contributed by atoms with Crippen molar-refractivity contribution in [3.8, 4) is 11.3 Å². The van der Waals surface area contributed by atoms with E-state index in [1.807, 2.05) is 24.3 Å². The molecule has 0 fully saturated rings. The monoisotopic (exact) mass is 348 g/mol. The smallest absolute Gasteiger partial charge is 0.223 e. The van der Waals surface area contributed by atoms with Gasteiger partial charge in [-0.15, -0.1) is 11.3 Å². The van der Waals surface area contributed by atoms with Crippen LogP contribution >= 0.6 is 22.9 Å². The predicted octanol–water partition coefficient (Wildman–Crippen LogP) is 4.31. The van der Waals surface area contributed by atoms with Crippen LogP contribution in [0.1, 0.15) is 34.6 Å². The molecule has 0 spiro atoms. The number of hydrogen-bond acceptors (Lipinski definition) is 6. The lowest BCUT2D eigenvalue weighted by atomic mass is 10.1. The maximum atomic E-state index is 5.95. The standard InChI is InChI=1S/C16H17ClN4OS/c1-9(18-8-14-19-11(3)22-21-14)16-20-15(10(2)23-16)12-4-6-13(17)7-5-12/h4-7,9,18H,8H2,1-3H3. The average molecular weight is 349 g/mol. The molecule has 3 aromatic rings. The first-order valence-electron chi connectivity index (χ1n) is 7.29. The van der Waals surface area contributed by atoms with Crippen molar-refractivity contribution in [3.63, 3.8) is 0 Å². The number of aryl methyl sites for hydroxylation is 2. The first kappa shape index (κ1) is 16.1. The molecule has 120 valence electrons. The van der Waals surface area contributed by atoms with Crippen molar-refractivity contribution in [2.24, 2.45) is 0 Å². The van der Waals surface area contributed by atoms with E-state index in [9.17, 15) is 0 Å². The molecule has 0 aliphatic rings. The van der Waals surface area contributed by atoms with Gasteiger partial charge in [0.1, 0.15) is 5.01 Å². The second-order valence-electron chi connectivity index (χ2n) is 5.30. The van der Waals surface area contributed by atoms with E-state index in [2.05, 4.69) is 29.3 Å². The highest BCUT2D eigenvalue weighted by atomic mass is 35.5. The van der Waals surface area contributed by atoms with Crippen LogP contribution in [-0.4, -0.2) is 15.1 Å². The lowest BCUT2D eigenvalue weighted by molar-refractivity contribution is 0.384. The highest BCUT2D eigenvalue weighted by molar-refractivity contribution is 7.12. The van der Waals surface area contributed by atoms with Gasteiger partial charge in [-0.1, -0.05) is 28.9 Å². The van der Waals surface area contributed by atoms with Gasteiger partial charge in [-0.05, 0) is 26.0 Å². The highest BCUT2D eigenvalue weighted by Crippen LogP contribution is 2.31. The summed E-state index contributed by atoms with van der Waals surface area (Å²) < 4.78 is 4.97. The van der Waals surface area contributed by atoms with E-state index in [1.54, 1.807) is 18.3 Å². The Balaban J connectivity index is 1.73. The van der Waals surface area contributed by atoms with E-state index in [4.69, 9.17) is 21.1 Å². The quantitative estimate of drug-likeness (QED) is 0.744. The van der Waals surface area contributed by atoms with Crippen molar-refractivity contribution in [2.75, 3.05) is 0 Å². The lowest BCUT2D eigenvalue weighted by Gasteiger charge is -2.08. The molecular weight excluding hydrogens is 332 g/mol. The van der Waals surface area contributed by atoms with Gasteiger partial charge in [0.15, 0.2) is 5.82 Å². The van der Waals surface area contributed by atoms with E-state index < -0.39 is 0 Å². The minimum Gasteiger partial charge on any atom is -0.340 e. The molecule has 0 amide bonds. The van der Waals surface area contributed by atoms with Crippen molar-refractivity contribution in [1.29, 1.82) is 0 Å². The Morgan fingerprint density at radius 2 is 1.96 bits per heavy atom. The van der Waals surface area contributed by atoms with Gasteiger partial charge >= 0.3 is 0 Å². The molecule has 2 heterocycles. The predicted molar refractivity (Wildman–Crippen MR) is 91.6 cm³/mol. The van der Waals surface area contributed by atoms with E-state index >= 15 is 0 Å². The number of aromatic nitrogens is 3. The Kier molecular flexibility index (Phi) is 4.75. The fraction of sp³-hybridized carbons (Fsp3) is 0.312. The summed E-state index contributed by atoms with van der Waals surface area (Å²) in [5.74, 6) is 1.23. The zero-order valence-electron chi connectivity index (χ0n) is 13.1. The zero-order valence-corrected chi connectivity index (χ0v) is 14.7. The van der Waals surface area contributed by atoms with E-state index in [-0.39, 0.29) is 6.04 Å². The summed E-state index contributed by atoms with van der Waals surface area (Å²) in [6.45, 7) is 6.49. The largest absolute Gasteiger partial charge is 0.340 e. The normalized spacial score (nSPS) is 12.5. The van der Waals surface area contributed by atoms with E-state index in [1.165, 1.54) is 4.88 Å². The molecule has 0 saturated carbocycles. The summed E-state index contributed by atoms with van der Waals surface area (Å²) >= 11 is 7.64. The Morgan fingerprint density at radius 1 is 1.22 bits per heavy atom. The molecule has 0 bridgehead atoms. The van der Waals surface area contributed by atoms with Crippen molar-refractivity contribution < 1.29 is 4.52 Å². The third-order valence-corrected chi connectivity index (χ3v) is 4.84. The Hall–Kier alpha value is -1.76. The molecule has 1 unspecified atom stereocenters. The number of rotatable bonds is 5. The molecule has 3 rings (SSSR count). The molecular formula is C16H17ClN4OS. The van der Waals surface area contributed by atoms with Gasteiger partial charge in [0.05, 0.1) is 18.3 Å². The topological polar surface area (TPSA) is 63.8 Å². The van der Waals surface area contributed by atoms with E-state index in [0.29, 0.717) is 18.3 Å². The summed E-state index contributed by atoms with van der Waals surface area (Å²) in [6.07, 6.45) is 0. The Morgan fingerprint density at radius 3 is 2.61 bits per heavy atom. The summed E-state index contributed by atoms with van der Waals surface area (Å²) in [7, 11) is 0. The fourth-order valence-electron chi connectivity index (χ4n) is 2.22. The number of nitrogens with one attached hydrogen (secondary N) is 1. The zero-order chi connectivity index (χ0) is 16.4. The van der Waals surface area contributed by atoms with Gasteiger partial charge in [-0.25, -0.2) is 4.98 Å². The van der Waals surface area contributed by atoms with Crippen LogP contribution in [0, 0.1) is 13.8 Å². The number of thiazole rings is 1. The van der Waals surface area contributed by atoms with E-state index in [0.717, 1.165) is 21.3 Å². The summed E-state index contributed by atoms with van der Waals surface area (Å²) in [6, 6.07) is 7.87. The van der Waals surface area contributed by atoms with Crippen molar-refractivity contribution >= 4 is 22.9 Å². The third kappa shape index (κ3) is 3.77. The highest BCUT2D eigenvalue weighted by Gasteiger charge is 2.15. The van der Waals surface area contributed by atoms with Crippen molar-refractivity contribution in [3.05, 3.63) is 50.9 Å². The van der Waals surface area contributed by atoms with Crippen molar-refractivity contribution in [1.82, 2.24) is 20.4 Å². The molecule has 1 N–H and O–H groups in total. The number of hydrogen-bond donors (Lipinski definition) is 1. The SMILES string of the molecule is Cc1nc(CNC(C)c2nc(-c3ccc(Cl)cc3)c(C)s2)no1. The van der Waals surface area contributed by atoms with Gasteiger partial charge in [-0.2, -0.15) is 4.98 Å². The maximum absolute atomic E-state index is 5.95. The van der Waals surface area contributed by atoms with Crippen LogP contribution in [0.2, 0.25) is 5.02 Å². The third-order valence-electron chi connectivity index (χ3n) is 3.44. The van der Waals surface area contributed by atoms with Crippen molar-refractivity contribution in [2.45, 2.75) is 33.4 Å². The van der Waals surface area contributed by atoms with Gasteiger partial charge in [-0.3, -0.25) is 0 Å². The summed E-state index contributed by atoms with van der Waals surface area (Å²) in [5, 5.41) is 9.02. The summed E-state index contributed by atoms with van der Waals surface area (Å²) in [4.78, 5) is 10.1. The molecule has 1 atom stereocenters. The van der Waals surface area contributed by atoms with Gasteiger partial charge in [0.2, 0.25) is 5.89 Å². The minimum atomic E-state index is 0.110. The number of nitrogens with zero attached hydrogens (tertiary/aromatic N) is 3. The van der Waals surface area contributed by atoms with Crippen LogP contribution in [0.3, 0.4) is 0 Å². The first-order chi connectivity index (χ1) is 11.0. The van der Waals surface area contributed by atoms with Crippen LogP contribution in [0.15, 0.2) is 28.8 Å². The lowest BCUT2D eigenvalue weighted by Crippen LogP contribution is -2.18. The average Bonchev–Trinajstić information content (AvgIpc) is 3.12. The molecule has 7 heteroatoms. The second-order valence-corrected chi connectivity index (χ2v) is 6.97. The fourth-order valence-corrected chi connectivity index (χ4v) is 3.32. The van der Waals surface area contributed by atoms with Gasteiger partial charge in [0.25, 0.3) is 0 Å². The Bertz CT molecular complexity index is 797. The molecule has 0 radical (unpaired) electrons. The first-order valence-corrected chi connectivity index (χ1v) is 8.48. The molecule has 0 aliphatic heterocycles. The van der Waals surface area contributed by atoms with Gasteiger partial charge < -0.3 is 9.84 Å². The molecule has 1 aromatic carbocycles. The van der Waals surface area contributed by atoms with Crippen LogP contribution < -0.4 is 5.32 Å². The molecule has 0 aliphatic carbocycles. The molecule has 0 saturated heterocycles. The molecule has 5 nitrogen and oxygen atoms in total. The second kappa shape index (κ2) is 6.78. The van der Waals surface area contributed by atoms with Crippen LogP contribution in [0.25, 0.3) is 11.3 Å².